The van der Waals surface area contributed by atoms with Crippen molar-refractivity contribution in [1.29, 1.82) is 0 Å². The van der Waals surface area contributed by atoms with E-state index >= 15 is 0 Å². The molecule has 0 aromatic heterocycles. The molecule has 0 aromatic rings. The van der Waals surface area contributed by atoms with Crippen molar-refractivity contribution in [2.24, 2.45) is 11.8 Å². The molecule has 1 rings (SSSR count). The molecule has 0 aromatic carbocycles. The lowest BCUT2D eigenvalue weighted by Gasteiger charge is -2.23. The van der Waals surface area contributed by atoms with Crippen molar-refractivity contribution in [3.63, 3.8) is 0 Å². The van der Waals surface area contributed by atoms with E-state index in [4.69, 9.17) is 0 Å². The van der Waals surface area contributed by atoms with Crippen LogP contribution in [-0.2, 0) is 0 Å². The van der Waals surface area contributed by atoms with Crippen LogP contribution in [0.4, 0.5) is 0 Å². The second-order valence-electron chi connectivity index (χ2n) is 4.71. The van der Waals surface area contributed by atoms with E-state index in [1.165, 1.54) is 32.4 Å². The number of hydrogen-bond donors (Lipinski definition) is 0. The Labute approximate surface area is 83.5 Å². The fourth-order valence-corrected chi connectivity index (χ4v) is 2.62. The minimum atomic E-state index is 0.749. The first-order valence-electron chi connectivity index (χ1n) is 5.93. The van der Waals surface area contributed by atoms with E-state index in [1.54, 1.807) is 0 Å². The third-order valence-corrected chi connectivity index (χ3v) is 3.70. The Morgan fingerprint density at radius 1 is 1.23 bits per heavy atom. The predicted octanol–water partition coefficient (Wildman–Crippen LogP) is 3.15. The molecular formula is C12H25N. The zero-order chi connectivity index (χ0) is 9.84. The molecule has 13 heavy (non-hydrogen) atoms. The third kappa shape index (κ3) is 2.70. The summed E-state index contributed by atoms with van der Waals surface area (Å²) in [5.74, 6) is 1.96. The van der Waals surface area contributed by atoms with Gasteiger partial charge in [-0.2, -0.15) is 0 Å². The molecule has 1 atom stereocenters. The molecule has 1 heteroatoms. The number of nitrogens with zero attached hydrogens (tertiary/aromatic N) is 1. The Hall–Kier alpha value is -0.0400. The van der Waals surface area contributed by atoms with E-state index in [1.807, 2.05) is 0 Å². The minimum absolute atomic E-state index is 0.749. The Balaban J connectivity index is 2.39. The molecule has 1 aliphatic rings. The molecule has 1 aliphatic heterocycles. The number of likely N-dealkylation sites (tertiary alicyclic amines) is 1. The molecule has 0 aliphatic carbocycles. The zero-order valence-corrected chi connectivity index (χ0v) is 9.71. The lowest BCUT2D eigenvalue weighted by molar-refractivity contribution is 0.240. The Morgan fingerprint density at radius 2 is 1.85 bits per heavy atom. The van der Waals surface area contributed by atoms with Gasteiger partial charge in [-0.15, -0.1) is 0 Å². The van der Waals surface area contributed by atoms with Gasteiger partial charge in [0.25, 0.3) is 0 Å². The Kier molecular flexibility index (Phi) is 4.24. The van der Waals surface area contributed by atoms with Crippen molar-refractivity contribution >= 4 is 0 Å². The van der Waals surface area contributed by atoms with E-state index in [2.05, 4.69) is 32.6 Å². The summed E-state index contributed by atoms with van der Waals surface area (Å²) in [4.78, 5) is 2.63. The maximum Gasteiger partial charge on any atom is 0.00387 e. The van der Waals surface area contributed by atoms with Gasteiger partial charge < -0.3 is 4.90 Å². The van der Waals surface area contributed by atoms with Gasteiger partial charge in [0.2, 0.25) is 0 Å². The average Bonchev–Trinajstić information content (AvgIpc) is 2.56. The molecule has 1 nitrogen and oxygen atoms in total. The van der Waals surface area contributed by atoms with Crippen LogP contribution < -0.4 is 0 Å². The van der Waals surface area contributed by atoms with Crippen molar-refractivity contribution in [2.75, 3.05) is 13.1 Å². The standard InChI is InChI=1S/C12H25N/c1-5-11(6-2)12-7-8-13(9-12)10(3)4/h10-12H,5-9H2,1-4H3. The smallest absolute Gasteiger partial charge is 0.00387 e. The van der Waals surface area contributed by atoms with E-state index in [0.29, 0.717) is 0 Å². The monoisotopic (exact) mass is 183 g/mol. The van der Waals surface area contributed by atoms with Crippen LogP contribution in [0, 0.1) is 11.8 Å². The highest BCUT2D eigenvalue weighted by molar-refractivity contribution is 4.81. The van der Waals surface area contributed by atoms with E-state index in [0.717, 1.165) is 17.9 Å². The molecule has 0 radical (unpaired) electrons. The van der Waals surface area contributed by atoms with Crippen LogP contribution in [0.25, 0.3) is 0 Å². The van der Waals surface area contributed by atoms with Crippen LogP contribution in [0.15, 0.2) is 0 Å². The summed E-state index contributed by atoms with van der Waals surface area (Å²) < 4.78 is 0. The molecule has 0 amide bonds. The van der Waals surface area contributed by atoms with Gasteiger partial charge in [0, 0.05) is 12.6 Å². The summed E-state index contributed by atoms with van der Waals surface area (Å²) in [6.45, 7) is 12.0. The van der Waals surface area contributed by atoms with Crippen LogP contribution >= 0.6 is 0 Å². The van der Waals surface area contributed by atoms with E-state index in [9.17, 15) is 0 Å². The molecule has 0 spiro atoms. The number of rotatable bonds is 4. The van der Waals surface area contributed by atoms with Crippen LogP contribution in [0.5, 0.6) is 0 Å². The van der Waals surface area contributed by atoms with Gasteiger partial charge in [-0.3, -0.25) is 0 Å². The van der Waals surface area contributed by atoms with Gasteiger partial charge in [-0.05, 0) is 38.6 Å². The average molecular weight is 183 g/mol. The highest BCUT2D eigenvalue weighted by Gasteiger charge is 2.28. The molecule has 1 unspecified atom stereocenters. The Morgan fingerprint density at radius 3 is 2.23 bits per heavy atom. The third-order valence-electron chi connectivity index (χ3n) is 3.70. The molecule has 1 saturated heterocycles. The minimum Gasteiger partial charge on any atom is -0.301 e. The summed E-state index contributed by atoms with van der Waals surface area (Å²) in [7, 11) is 0. The lowest BCUT2D eigenvalue weighted by Crippen LogP contribution is -2.29. The lowest BCUT2D eigenvalue weighted by atomic mass is 9.87. The number of hydrogen-bond acceptors (Lipinski definition) is 1. The van der Waals surface area contributed by atoms with Crippen molar-refractivity contribution in [1.82, 2.24) is 4.90 Å². The van der Waals surface area contributed by atoms with Crippen molar-refractivity contribution in [2.45, 2.75) is 53.0 Å². The van der Waals surface area contributed by atoms with Crippen molar-refractivity contribution in [3.05, 3.63) is 0 Å². The normalized spacial score (nSPS) is 24.9. The van der Waals surface area contributed by atoms with Gasteiger partial charge in [0.15, 0.2) is 0 Å². The summed E-state index contributed by atoms with van der Waals surface area (Å²) in [6, 6.07) is 0.749. The molecule has 0 bridgehead atoms. The second kappa shape index (κ2) is 4.99. The molecule has 0 N–H and O–H groups in total. The van der Waals surface area contributed by atoms with Gasteiger partial charge in [0.1, 0.15) is 0 Å². The van der Waals surface area contributed by atoms with Crippen molar-refractivity contribution in [3.8, 4) is 0 Å². The van der Waals surface area contributed by atoms with Crippen LogP contribution in [0.3, 0.4) is 0 Å². The predicted molar refractivity (Wildman–Crippen MR) is 58.9 cm³/mol. The SMILES string of the molecule is CCC(CC)C1CCN(C(C)C)C1. The van der Waals surface area contributed by atoms with E-state index < -0.39 is 0 Å². The first-order chi connectivity index (χ1) is 6.19. The van der Waals surface area contributed by atoms with Gasteiger partial charge in [-0.25, -0.2) is 0 Å². The van der Waals surface area contributed by atoms with Gasteiger partial charge in [0.05, 0.1) is 0 Å². The van der Waals surface area contributed by atoms with E-state index in [-0.39, 0.29) is 0 Å². The van der Waals surface area contributed by atoms with Crippen LogP contribution in [-0.4, -0.2) is 24.0 Å². The zero-order valence-electron chi connectivity index (χ0n) is 9.71. The van der Waals surface area contributed by atoms with Gasteiger partial charge >= 0.3 is 0 Å². The second-order valence-corrected chi connectivity index (χ2v) is 4.71. The largest absolute Gasteiger partial charge is 0.301 e. The maximum atomic E-state index is 2.63. The fourth-order valence-electron chi connectivity index (χ4n) is 2.62. The molecule has 0 saturated carbocycles. The van der Waals surface area contributed by atoms with Crippen molar-refractivity contribution < 1.29 is 0 Å². The first-order valence-corrected chi connectivity index (χ1v) is 5.93. The molecular weight excluding hydrogens is 158 g/mol. The van der Waals surface area contributed by atoms with Gasteiger partial charge in [-0.1, -0.05) is 26.7 Å². The van der Waals surface area contributed by atoms with Crippen LogP contribution in [0.2, 0.25) is 0 Å². The molecule has 1 heterocycles. The maximum absolute atomic E-state index is 2.63. The molecule has 1 fully saturated rings. The fraction of sp³-hybridized carbons (Fsp3) is 1.00. The quantitative estimate of drug-likeness (QED) is 0.647. The Bertz CT molecular complexity index is 138. The summed E-state index contributed by atoms with van der Waals surface area (Å²) >= 11 is 0. The summed E-state index contributed by atoms with van der Waals surface area (Å²) in [5, 5.41) is 0. The first kappa shape index (κ1) is 11.0. The van der Waals surface area contributed by atoms with Crippen LogP contribution in [0.1, 0.15) is 47.0 Å². The summed E-state index contributed by atoms with van der Waals surface area (Å²) in [5.41, 5.74) is 0. The summed E-state index contributed by atoms with van der Waals surface area (Å²) in [6.07, 6.45) is 4.17. The highest BCUT2D eigenvalue weighted by Crippen LogP contribution is 2.29. The molecule has 78 valence electrons. The highest BCUT2D eigenvalue weighted by atomic mass is 15.2. The topological polar surface area (TPSA) is 3.24 Å².